The monoisotopic (exact) mass is 390 g/mol. The van der Waals surface area contributed by atoms with E-state index in [2.05, 4.69) is 15.6 Å². The van der Waals surface area contributed by atoms with Crippen molar-refractivity contribution < 1.29 is 13.9 Å². The summed E-state index contributed by atoms with van der Waals surface area (Å²) in [5, 5.41) is 14.4. The summed E-state index contributed by atoms with van der Waals surface area (Å²) in [5.74, 6) is -0.826. The van der Waals surface area contributed by atoms with Gasteiger partial charge in [-0.15, -0.1) is 0 Å². The maximum atomic E-state index is 14.3. The van der Waals surface area contributed by atoms with Crippen LogP contribution in [-0.4, -0.2) is 23.2 Å². The van der Waals surface area contributed by atoms with E-state index in [-0.39, 0.29) is 23.1 Å². The molecule has 0 saturated carbocycles. The Morgan fingerprint density at radius 3 is 2.63 bits per heavy atom. The molecule has 0 unspecified atom stereocenters. The molecule has 6 nitrogen and oxygen atoms in total. The van der Waals surface area contributed by atoms with Crippen molar-refractivity contribution in [2.24, 2.45) is 0 Å². The average Bonchev–Trinajstić information content (AvgIpc) is 2.60. The lowest BCUT2D eigenvalue weighted by atomic mass is 10.1. The van der Waals surface area contributed by atoms with Gasteiger partial charge in [0, 0.05) is 6.54 Å². The van der Waals surface area contributed by atoms with Gasteiger partial charge in [0.05, 0.1) is 11.6 Å². The van der Waals surface area contributed by atoms with Gasteiger partial charge in [-0.25, -0.2) is 14.2 Å². The number of nitriles is 1. The summed E-state index contributed by atoms with van der Waals surface area (Å²) in [6.07, 6.45) is -0.587. The lowest BCUT2D eigenvalue weighted by Gasteiger charge is -2.23. The fourth-order valence-corrected chi connectivity index (χ4v) is 2.43. The zero-order valence-electron chi connectivity index (χ0n) is 15.2. The van der Waals surface area contributed by atoms with Gasteiger partial charge in [-0.05, 0) is 32.4 Å². The second kappa shape index (κ2) is 8.69. The van der Waals surface area contributed by atoms with Crippen LogP contribution in [0, 0.1) is 17.1 Å². The van der Waals surface area contributed by atoms with E-state index in [1.165, 1.54) is 0 Å². The van der Waals surface area contributed by atoms with Gasteiger partial charge in [0.25, 0.3) is 0 Å². The predicted molar refractivity (Wildman–Crippen MR) is 101 cm³/mol. The number of nitrogens with one attached hydrogen (secondary N) is 2. The largest absolute Gasteiger partial charge is 0.444 e. The van der Waals surface area contributed by atoms with Gasteiger partial charge in [-0.3, -0.25) is 0 Å². The summed E-state index contributed by atoms with van der Waals surface area (Å²) in [5.41, 5.74) is 0.117. The summed E-state index contributed by atoms with van der Waals surface area (Å²) >= 11 is 5.90. The number of hydrogen-bond acceptors (Lipinski definition) is 5. The first kappa shape index (κ1) is 20.5. The molecule has 0 radical (unpaired) electrons. The molecule has 8 heteroatoms. The number of pyridine rings is 1. The first-order valence-corrected chi connectivity index (χ1v) is 8.62. The first-order valence-electron chi connectivity index (χ1n) is 8.24. The van der Waals surface area contributed by atoms with Gasteiger partial charge in [-0.2, -0.15) is 5.26 Å². The maximum absolute atomic E-state index is 14.3. The molecular weight excluding hydrogens is 371 g/mol. The van der Waals surface area contributed by atoms with Crippen LogP contribution in [0.5, 0.6) is 0 Å². The van der Waals surface area contributed by atoms with Gasteiger partial charge in [0.2, 0.25) is 0 Å². The predicted octanol–water partition coefficient (Wildman–Crippen LogP) is 4.42. The highest BCUT2D eigenvalue weighted by Crippen LogP contribution is 2.24. The standard InChI is InChI=1S/C19H20ClFN4O2/c1-19(2,3)27-18(26)23-11-15(12-7-5-4-6-8-12)24-17-14(21)9-13(10-22)16(20)25-17/h4-9,15H,11H2,1-3H3,(H,23,26)(H,24,25)/t15-/m0/s1. The zero-order valence-corrected chi connectivity index (χ0v) is 16.0. The van der Waals surface area contributed by atoms with Crippen molar-refractivity contribution >= 4 is 23.5 Å². The molecule has 27 heavy (non-hydrogen) atoms. The minimum absolute atomic E-state index is 0.0529. The first-order chi connectivity index (χ1) is 12.7. The Kier molecular flexibility index (Phi) is 6.59. The summed E-state index contributed by atoms with van der Waals surface area (Å²) in [6, 6.07) is 11.5. The van der Waals surface area contributed by atoms with Crippen LogP contribution in [0.3, 0.4) is 0 Å². The van der Waals surface area contributed by atoms with Gasteiger partial charge >= 0.3 is 6.09 Å². The van der Waals surface area contributed by atoms with Crippen molar-refractivity contribution in [3.8, 4) is 6.07 Å². The van der Waals surface area contributed by atoms with E-state index in [0.717, 1.165) is 11.6 Å². The van der Waals surface area contributed by atoms with Crippen LogP contribution >= 0.6 is 11.6 Å². The molecule has 0 aliphatic rings. The van der Waals surface area contributed by atoms with E-state index in [0.29, 0.717) is 0 Å². The van der Waals surface area contributed by atoms with Crippen LogP contribution in [0.15, 0.2) is 36.4 Å². The van der Waals surface area contributed by atoms with Crippen molar-refractivity contribution in [1.82, 2.24) is 10.3 Å². The Hall–Kier alpha value is -2.85. The molecule has 2 aromatic rings. The number of anilines is 1. The summed E-state index contributed by atoms with van der Waals surface area (Å²) in [4.78, 5) is 15.9. The Labute approximate surface area is 162 Å². The molecule has 0 aliphatic heterocycles. The quantitative estimate of drug-likeness (QED) is 0.738. The van der Waals surface area contributed by atoms with E-state index in [1.54, 1.807) is 26.8 Å². The number of amides is 1. The Morgan fingerprint density at radius 2 is 2.04 bits per heavy atom. The fraction of sp³-hybridized carbons (Fsp3) is 0.316. The molecule has 1 amide bonds. The average molecular weight is 391 g/mol. The number of alkyl carbamates (subject to hydrolysis) is 1. The topological polar surface area (TPSA) is 87.0 Å². The van der Waals surface area contributed by atoms with E-state index in [1.807, 2.05) is 30.3 Å². The number of aromatic nitrogens is 1. The van der Waals surface area contributed by atoms with Crippen molar-refractivity contribution in [2.45, 2.75) is 32.4 Å². The highest BCUT2D eigenvalue weighted by molar-refractivity contribution is 6.30. The number of hydrogen-bond donors (Lipinski definition) is 2. The van der Waals surface area contributed by atoms with Crippen LogP contribution in [0.2, 0.25) is 5.15 Å². The van der Waals surface area contributed by atoms with Gasteiger partial charge in [-0.1, -0.05) is 41.9 Å². The summed E-state index contributed by atoms with van der Waals surface area (Å²) < 4.78 is 19.5. The molecule has 2 N–H and O–H groups in total. The molecule has 0 saturated heterocycles. The third-order valence-corrected chi connectivity index (χ3v) is 3.70. The van der Waals surface area contributed by atoms with Crippen molar-refractivity contribution in [3.05, 3.63) is 58.5 Å². The number of nitrogens with zero attached hydrogens (tertiary/aromatic N) is 2. The lowest BCUT2D eigenvalue weighted by Crippen LogP contribution is -2.36. The Morgan fingerprint density at radius 1 is 1.37 bits per heavy atom. The van der Waals surface area contributed by atoms with Crippen LogP contribution in [-0.2, 0) is 4.74 Å². The Balaban J connectivity index is 2.21. The minimum Gasteiger partial charge on any atom is -0.444 e. The van der Waals surface area contributed by atoms with Gasteiger partial charge in [0.1, 0.15) is 16.8 Å². The number of halogens is 2. The number of carbonyl (C=O) groups excluding carboxylic acids is 1. The molecule has 0 aliphatic carbocycles. The Bertz CT molecular complexity index is 847. The van der Waals surface area contributed by atoms with Crippen LogP contribution in [0.1, 0.15) is 37.9 Å². The van der Waals surface area contributed by atoms with Crippen LogP contribution in [0.4, 0.5) is 15.0 Å². The smallest absolute Gasteiger partial charge is 0.407 e. The van der Waals surface area contributed by atoms with Crippen molar-refractivity contribution in [2.75, 3.05) is 11.9 Å². The zero-order chi connectivity index (χ0) is 20.0. The fourth-order valence-electron chi connectivity index (χ4n) is 2.25. The molecule has 1 aromatic heterocycles. The SMILES string of the molecule is CC(C)(C)OC(=O)NC[C@H](Nc1nc(Cl)c(C#N)cc1F)c1ccccc1. The highest BCUT2D eigenvalue weighted by atomic mass is 35.5. The third-order valence-electron chi connectivity index (χ3n) is 3.41. The molecule has 2 rings (SSSR count). The molecule has 0 spiro atoms. The molecular formula is C19H20ClFN4O2. The highest BCUT2D eigenvalue weighted by Gasteiger charge is 2.20. The van der Waals surface area contributed by atoms with E-state index < -0.39 is 23.6 Å². The maximum Gasteiger partial charge on any atom is 0.407 e. The second-order valence-corrected chi connectivity index (χ2v) is 7.12. The summed E-state index contributed by atoms with van der Waals surface area (Å²) in [6.45, 7) is 5.41. The van der Waals surface area contributed by atoms with Crippen LogP contribution < -0.4 is 10.6 Å². The molecule has 1 aromatic carbocycles. The number of benzene rings is 1. The van der Waals surface area contributed by atoms with E-state index in [9.17, 15) is 9.18 Å². The normalized spacial score (nSPS) is 12.0. The number of carbonyl (C=O) groups is 1. The van der Waals surface area contributed by atoms with E-state index in [4.69, 9.17) is 21.6 Å². The number of ether oxygens (including phenoxy) is 1. The second-order valence-electron chi connectivity index (χ2n) is 6.76. The molecule has 142 valence electrons. The summed E-state index contributed by atoms with van der Waals surface area (Å²) in [7, 11) is 0. The van der Waals surface area contributed by atoms with E-state index >= 15 is 0 Å². The van der Waals surface area contributed by atoms with Crippen molar-refractivity contribution in [3.63, 3.8) is 0 Å². The lowest BCUT2D eigenvalue weighted by molar-refractivity contribution is 0.0525. The molecule has 0 bridgehead atoms. The third kappa shape index (κ3) is 6.12. The molecule has 1 heterocycles. The molecule has 0 fully saturated rings. The van der Waals surface area contributed by atoms with Crippen molar-refractivity contribution in [1.29, 1.82) is 5.26 Å². The molecule has 1 atom stereocenters. The number of rotatable bonds is 5. The minimum atomic E-state index is -0.714. The van der Waals surface area contributed by atoms with Crippen LogP contribution in [0.25, 0.3) is 0 Å². The van der Waals surface area contributed by atoms with Gasteiger partial charge < -0.3 is 15.4 Å². The van der Waals surface area contributed by atoms with Gasteiger partial charge in [0.15, 0.2) is 11.6 Å².